The molecule has 3 aromatic carbocycles. The standard InChI is InChI=1S/C21H17NO4/c23-18-9-5-4-8-17(18)20(25)22-21(26)19(24)16-12-10-15(11-13-16)14-6-2-1-3-7-14/h1-13,21,23,26H,(H,22,25). The average molecular weight is 347 g/mol. The molecule has 0 spiro atoms. The Hall–Kier alpha value is -3.44. The summed E-state index contributed by atoms with van der Waals surface area (Å²) < 4.78 is 0. The van der Waals surface area contributed by atoms with Crippen LogP contribution in [0.3, 0.4) is 0 Å². The van der Waals surface area contributed by atoms with Gasteiger partial charge in [0.1, 0.15) is 5.75 Å². The molecule has 0 aliphatic rings. The number of hydrogen-bond donors (Lipinski definition) is 3. The molecule has 0 fully saturated rings. The quantitative estimate of drug-likeness (QED) is 0.489. The van der Waals surface area contributed by atoms with Crippen LogP contribution in [0.5, 0.6) is 5.75 Å². The Labute approximate surface area is 150 Å². The zero-order chi connectivity index (χ0) is 18.5. The van der Waals surface area contributed by atoms with Crippen molar-refractivity contribution in [3.05, 3.63) is 90.0 Å². The van der Waals surface area contributed by atoms with Gasteiger partial charge in [-0.05, 0) is 23.3 Å². The van der Waals surface area contributed by atoms with Crippen LogP contribution in [0, 0.1) is 0 Å². The molecule has 3 rings (SSSR count). The molecule has 0 aliphatic heterocycles. The number of aliphatic hydroxyl groups is 1. The van der Waals surface area contributed by atoms with Crippen LogP contribution in [0.25, 0.3) is 11.1 Å². The Kier molecular flexibility index (Phi) is 5.10. The highest BCUT2D eigenvalue weighted by Crippen LogP contribution is 2.20. The molecule has 0 radical (unpaired) electrons. The Bertz CT molecular complexity index is 920. The number of aliphatic hydroxyl groups excluding tert-OH is 1. The van der Waals surface area contributed by atoms with Crippen molar-refractivity contribution in [1.82, 2.24) is 5.32 Å². The molecule has 0 saturated carbocycles. The maximum atomic E-state index is 12.3. The first kappa shape index (κ1) is 17.4. The number of aromatic hydroxyl groups is 1. The Balaban J connectivity index is 1.70. The van der Waals surface area contributed by atoms with E-state index < -0.39 is 17.9 Å². The first-order valence-corrected chi connectivity index (χ1v) is 8.03. The van der Waals surface area contributed by atoms with E-state index in [1.807, 2.05) is 30.3 Å². The number of carbonyl (C=O) groups is 2. The second-order valence-electron chi connectivity index (χ2n) is 5.70. The normalized spacial score (nSPS) is 11.6. The predicted molar refractivity (Wildman–Crippen MR) is 97.8 cm³/mol. The van der Waals surface area contributed by atoms with Crippen molar-refractivity contribution in [1.29, 1.82) is 0 Å². The summed E-state index contributed by atoms with van der Waals surface area (Å²) in [5, 5.41) is 21.9. The van der Waals surface area contributed by atoms with E-state index in [1.54, 1.807) is 36.4 Å². The van der Waals surface area contributed by atoms with Crippen LogP contribution in [0.2, 0.25) is 0 Å². The molecule has 0 bridgehead atoms. The van der Waals surface area contributed by atoms with Crippen molar-refractivity contribution in [3.8, 4) is 16.9 Å². The molecule has 5 heteroatoms. The van der Waals surface area contributed by atoms with E-state index >= 15 is 0 Å². The molecule has 0 aromatic heterocycles. The number of rotatable bonds is 5. The fourth-order valence-electron chi connectivity index (χ4n) is 2.55. The van der Waals surface area contributed by atoms with Crippen LogP contribution >= 0.6 is 0 Å². The van der Waals surface area contributed by atoms with E-state index in [9.17, 15) is 19.8 Å². The second kappa shape index (κ2) is 7.63. The third kappa shape index (κ3) is 3.79. The van der Waals surface area contributed by atoms with E-state index in [2.05, 4.69) is 5.32 Å². The highest BCUT2D eigenvalue weighted by molar-refractivity contribution is 6.04. The van der Waals surface area contributed by atoms with Gasteiger partial charge < -0.3 is 15.5 Å². The van der Waals surface area contributed by atoms with E-state index in [4.69, 9.17) is 0 Å². The average Bonchev–Trinajstić information content (AvgIpc) is 2.68. The van der Waals surface area contributed by atoms with Crippen molar-refractivity contribution in [2.45, 2.75) is 6.23 Å². The molecule has 0 aliphatic carbocycles. The summed E-state index contributed by atoms with van der Waals surface area (Å²) in [7, 11) is 0. The van der Waals surface area contributed by atoms with Gasteiger partial charge in [-0.1, -0.05) is 66.7 Å². The molecule has 26 heavy (non-hydrogen) atoms. The maximum Gasteiger partial charge on any atom is 0.257 e. The number of hydrogen-bond acceptors (Lipinski definition) is 4. The molecule has 5 nitrogen and oxygen atoms in total. The lowest BCUT2D eigenvalue weighted by Crippen LogP contribution is -2.40. The summed E-state index contributed by atoms with van der Waals surface area (Å²) in [6, 6.07) is 22.3. The molecule has 130 valence electrons. The summed E-state index contributed by atoms with van der Waals surface area (Å²) in [6.07, 6.45) is -1.70. The number of ketones is 1. The van der Waals surface area contributed by atoms with Gasteiger partial charge in [0.05, 0.1) is 5.56 Å². The number of benzene rings is 3. The van der Waals surface area contributed by atoms with Crippen molar-refractivity contribution >= 4 is 11.7 Å². The molecule has 1 atom stereocenters. The van der Waals surface area contributed by atoms with Crippen molar-refractivity contribution in [3.63, 3.8) is 0 Å². The SMILES string of the molecule is O=C(NC(O)C(=O)c1ccc(-c2ccccc2)cc1)c1ccccc1O. The molecule has 3 aromatic rings. The van der Waals surface area contributed by atoms with Crippen molar-refractivity contribution < 1.29 is 19.8 Å². The van der Waals surface area contributed by atoms with Gasteiger partial charge >= 0.3 is 0 Å². The summed E-state index contributed by atoms with van der Waals surface area (Å²) in [5.74, 6) is -1.59. The number of phenolic OH excluding ortho intramolecular Hbond substituents is 1. The van der Waals surface area contributed by atoms with Gasteiger partial charge in [-0.3, -0.25) is 9.59 Å². The Morgan fingerprint density at radius 2 is 1.35 bits per heavy atom. The fraction of sp³-hybridized carbons (Fsp3) is 0.0476. The van der Waals surface area contributed by atoms with Crippen LogP contribution in [0.1, 0.15) is 20.7 Å². The van der Waals surface area contributed by atoms with Crippen molar-refractivity contribution in [2.24, 2.45) is 0 Å². The minimum absolute atomic E-state index is 0.0150. The minimum atomic E-state index is -1.70. The molecule has 0 saturated heterocycles. The van der Waals surface area contributed by atoms with Gasteiger partial charge in [0, 0.05) is 5.56 Å². The molecular formula is C21H17NO4. The third-order valence-electron chi connectivity index (χ3n) is 3.94. The predicted octanol–water partition coefficient (Wildman–Crippen LogP) is 2.99. The number of Topliss-reactive ketones (excluding diaryl/α,β-unsaturated/α-hetero) is 1. The maximum absolute atomic E-state index is 12.3. The molecular weight excluding hydrogens is 330 g/mol. The first-order valence-electron chi connectivity index (χ1n) is 8.03. The number of phenols is 1. The number of nitrogens with one attached hydrogen (secondary N) is 1. The summed E-state index contributed by atoms with van der Waals surface area (Å²) >= 11 is 0. The van der Waals surface area contributed by atoms with Gasteiger partial charge in [0.2, 0.25) is 5.78 Å². The van der Waals surface area contributed by atoms with Crippen LogP contribution in [-0.2, 0) is 0 Å². The zero-order valence-corrected chi connectivity index (χ0v) is 13.8. The van der Waals surface area contributed by atoms with Gasteiger partial charge in [-0.25, -0.2) is 0 Å². The monoisotopic (exact) mass is 347 g/mol. The smallest absolute Gasteiger partial charge is 0.257 e. The van der Waals surface area contributed by atoms with Gasteiger partial charge in [0.25, 0.3) is 5.91 Å². The molecule has 1 amide bonds. The molecule has 0 heterocycles. The molecule has 1 unspecified atom stereocenters. The first-order chi connectivity index (χ1) is 12.6. The number of amides is 1. The summed E-state index contributed by atoms with van der Waals surface area (Å²) in [4.78, 5) is 24.4. The lowest BCUT2D eigenvalue weighted by Gasteiger charge is -2.13. The van der Waals surface area contributed by atoms with Crippen LogP contribution in [0.15, 0.2) is 78.9 Å². The topological polar surface area (TPSA) is 86.6 Å². The largest absolute Gasteiger partial charge is 0.507 e. The van der Waals surface area contributed by atoms with E-state index in [1.165, 1.54) is 12.1 Å². The summed E-state index contributed by atoms with van der Waals surface area (Å²) in [5.41, 5.74) is 2.21. The van der Waals surface area contributed by atoms with Crippen molar-refractivity contribution in [2.75, 3.05) is 0 Å². The zero-order valence-electron chi connectivity index (χ0n) is 13.8. The Morgan fingerprint density at radius 1 is 0.769 bits per heavy atom. The second-order valence-corrected chi connectivity index (χ2v) is 5.70. The van der Waals surface area contributed by atoms with E-state index in [0.29, 0.717) is 0 Å². The van der Waals surface area contributed by atoms with Gasteiger partial charge in [-0.2, -0.15) is 0 Å². The van der Waals surface area contributed by atoms with E-state index in [-0.39, 0.29) is 16.9 Å². The lowest BCUT2D eigenvalue weighted by molar-refractivity contribution is 0.0606. The minimum Gasteiger partial charge on any atom is -0.507 e. The lowest BCUT2D eigenvalue weighted by atomic mass is 10.0. The highest BCUT2D eigenvalue weighted by atomic mass is 16.3. The highest BCUT2D eigenvalue weighted by Gasteiger charge is 2.21. The molecule has 3 N–H and O–H groups in total. The van der Waals surface area contributed by atoms with Crippen LogP contribution < -0.4 is 5.32 Å². The van der Waals surface area contributed by atoms with Gasteiger partial charge in [-0.15, -0.1) is 0 Å². The Morgan fingerprint density at radius 3 is 2.00 bits per heavy atom. The third-order valence-corrected chi connectivity index (χ3v) is 3.94. The summed E-state index contributed by atoms with van der Waals surface area (Å²) in [6.45, 7) is 0. The number of para-hydroxylation sites is 1. The van der Waals surface area contributed by atoms with E-state index in [0.717, 1.165) is 11.1 Å². The van der Waals surface area contributed by atoms with Crippen LogP contribution in [0.4, 0.5) is 0 Å². The fourth-order valence-corrected chi connectivity index (χ4v) is 2.55. The number of carbonyl (C=O) groups excluding carboxylic acids is 2. The van der Waals surface area contributed by atoms with Gasteiger partial charge in [0.15, 0.2) is 6.23 Å². The van der Waals surface area contributed by atoms with Crippen LogP contribution in [-0.4, -0.2) is 28.1 Å².